The van der Waals surface area contributed by atoms with Gasteiger partial charge < -0.3 is 19.3 Å². The van der Waals surface area contributed by atoms with Crippen molar-refractivity contribution < 1.29 is 24.1 Å². The fraction of sp³-hybridized carbons (Fsp3) is 0.545. The molecule has 1 fully saturated rings. The van der Waals surface area contributed by atoms with Crippen LogP contribution in [-0.4, -0.2) is 59.4 Å². The van der Waals surface area contributed by atoms with Gasteiger partial charge in [0.1, 0.15) is 0 Å². The molecule has 2 aliphatic rings. The Kier molecular flexibility index (Phi) is 9.40. The van der Waals surface area contributed by atoms with Gasteiger partial charge in [-0.2, -0.15) is 5.10 Å². The van der Waals surface area contributed by atoms with E-state index >= 15 is 0 Å². The van der Waals surface area contributed by atoms with E-state index in [1.807, 2.05) is 13.1 Å². The molecule has 0 saturated carbocycles. The van der Waals surface area contributed by atoms with Crippen LogP contribution in [0.2, 0.25) is 0 Å². The summed E-state index contributed by atoms with van der Waals surface area (Å²) in [5.74, 6) is -0.351. The minimum atomic E-state index is -0.817. The van der Waals surface area contributed by atoms with E-state index in [4.69, 9.17) is 24.3 Å². The largest absolute Gasteiger partial charge is 0.481 e. The molecule has 1 aliphatic heterocycles. The van der Waals surface area contributed by atoms with Crippen molar-refractivity contribution in [3.8, 4) is 5.88 Å². The van der Waals surface area contributed by atoms with Gasteiger partial charge in [0.25, 0.3) is 0 Å². The first-order chi connectivity index (χ1) is 19.9. The van der Waals surface area contributed by atoms with E-state index in [1.165, 1.54) is 29.7 Å². The number of benzene rings is 1. The van der Waals surface area contributed by atoms with Crippen LogP contribution in [0.5, 0.6) is 5.88 Å². The molecule has 1 aromatic carbocycles. The average Bonchev–Trinajstić information content (AvgIpc) is 3.31. The highest BCUT2D eigenvalue weighted by atomic mass is 16.5. The summed E-state index contributed by atoms with van der Waals surface area (Å²) < 4.78 is 19.2. The maximum Gasteiger partial charge on any atom is 0.303 e. The first-order valence-electron chi connectivity index (χ1n) is 14.9. The van der Waals surface area contributed by atoms with Crippen molar-refractivity contribution in [2.75, 3.05) is 33.5 Å². The highest BCUT2D eigenvalue weighted by molar-refractivity contribution is 5.68. The third-order valence-corrected chi connectivity index (χ3v) is 8.81. The number of methoxy groups -OCH3 is 1. The van der Waals surface area contributed by atoms with Crippen molar-refractivity contribution in [1.82, 2.24) is 14.8 Å². The van der Waals surface area contributed by atoms with E-state index < -0.39 is 5.97 Å². The van der Waals surface area contributed by atoms with E-state index in [1.54, 1.807) is 11.8 Å². The molecule has 2 aromatic heterocycles. The van der Waals surface area contributed by atoms with Crippen molar-refractivity contribution in [1.29, 1.82) is 0 Å². The number of aliphatic carboxylic acids is 1. The number of rotatable bonds is 12. The van der Waals surface area contributed by atoms with Crippen LogP contribution in [0.15, 0.2) is 36.4 Å². The summed E-state index contributed by atoms with van der Waals surface area (Å²) in [5, 5.41) is 14.5. The lowest BCUT2D eigenvalue weighted by Gasteiger charge is -2.38. The van der Waals surface area contributed by atoms with Crippen molar-refractivity contribution in [3.63, 3.8) is 0 Å². The first-order valence-corrected chi connectivity index (χ1v) is 14.9. The molecule has 5 rings (SSSR count). The number of carboxylic acid groups (broad SMARTS) is 1. The maximum absolute atomic E-state index is 12.0. The fourth-order valence-corrected chi connectivity index (χ4v) is 6.49. The topological polar surface area (TPSA) is 95.7 Å². The summed E-state index contributed by atoms with van der Waals surface area (Å²) in [7, 11) is 3.61. The van der Waals surface area contributed by atoms with Gasteiger partial charge in [-0.1, -0.05) is 24.3 Å². The number of aromatic nitrogens is 3. The number of ether oxygens (including phenoxy) is 3. The second kappa shape index (κ2) is 13.2. The lowest BCUT2D eigenvalue weighted by atomic mass is 9.73. The quantitative estimate of drug-likeness (QED) is 0.328. The van der Waals surface area contributed by atoms with Gasteiger partial charge in [0.2, 0.25) is 5.88 Å². The van der Waals surface area contributed by atoms with E-state index in [2.05, 4.69) is 37.3 Å². The second-order valence-corrected chi connectivity index (χ2v) is 11.7. The van der Waals surface area contributed by atoms with E-state index in [0.717, 1.165) is 54.6 Å². The molecule has 8 nitrogen and oxygen atoms in total. The van der Waals surface area contributed by atoms with Gasteiger partial charge in [0.15, 0.2) is 0 Å². The molecule has 3 heterocycles. The number of fused-ring (bicyclic) bond motifs is 1. The Labute approximate surface area is 243 Å². The number of aryl methyl sites for hydroxylation is 4. The molecule has 220 valence electrons. The van der Waals surface area contributed by atoms with Crippen molar-refractivity contribution in [2.24, 2.45) is 7.05 Å². The summed E-state index contributed by atoms with van der Waals surface area (Å²) in [4.78, 5) is 16.8. The number of hydrogen-bond acceptors (Lipinski definition) is 6. The fourth-order valence-electron chi connectivity index (χ4n) is 6.49. The zero-order valence-corrected chi connectivity index (χ0v) is 24.7. The van der Waals surface area contributed by atoms with E-state index in [-0.39, 0.29) is 17.8 Å². The summed E-state index contributed by atoms with van der Waals surface area (Å²) in [6.45, 7) is 4.58. The van der Waals surface area contributed by atoms with Crippen LogP contribution >= 0.6 is 0 Å². The minimum absolute atomic E-state index is 0.0292. The van der Waals surface area contributed by atoms with Gasteiger partial charge in [0.05, 0.1) is 25.3 Å². The SMILES string of the molecule is COCC1(c2ccc(C)c(C(CC(=O)O)Cc3cc(OCCc4ccc5c(n4)CCCC5)n(C)n3)c2)CCOCC1. The molecule has 0 bridgehead atoms. The molecule has 0 amide bonds. The number of nitrogens with zero attached hydrogens (tertiary/aromatic N) is 3. The molecular formula is C33H43N3O5. The van der Waals surface area contributed by atoms with Gasteiger partial charge in [0, 0.05) is 62.6 Å². The van der Waals surface area contributed by atoms with Gasteiger partial charge in [-0.05, 0) is 80.2 Å². The average molecular weight is 562 g/mol. The van der Waals surface area contributed by atoms with Crippen LogP contribution in [0.4, 0.5) is 0 Å². The maximum atomic E-state index is 12.0. The zero-order chi connectivity index (χ0) is 28.8. The van der Waals surface area contributed by atoms with Crippen molar-refractivity contribution in [2.45, 2.75) is 76.0 Å². The Bertz CT molecular complexity index is 1340. The van der Waals surface area contributed by atoms with Gasteiger partial charge in [-0.3, -0.25) is 9.78 Å². The Morgan fingerprint density at radius 3 is 2.71 bits per heavy atom. The Balaban J connectivity index is 1.30. The standard InChI is InChI=1S/C33H43N3O5/c1-23-8-10-26(33(22-39-3)13-16-40-17-14-33)20-29(23)25(19-32(37)38)18-28-21-31(36(2)35-28)41-15-12-27-11-9-24-6-4-5-7-30(24)34-27/h8-11,20-21,25H,4-7,12-19,22H2,1-3H3,(H,37,38). The van der Waals surface area contributed by atoms with Crippen molar-refractivity contribution in [3.05, 3.63) is 75.7 Å². The molecule has 1 atom stereocenters. The Morgan fingerprint density at radius 2 is 1.93 bits per heavy atom. The molecular weight excluding hydrogens is 518 g/mol. The Morgan fingerprint density at radius 1 is 1.12 bits per heavy atom. The summed E-state index contributed by atoms with van der Waals surface area (Å²) in [5.41, 5.74) is 7.72. The van der Waals surface area contributed by atoms with Crippen LogP contribution in [0, 0.1) is 6.92 Å². The third kappa shape index (κ3) is 6.99. The van der Waals surface area contributed by atoms with Crippen LogP contribution in [0.25, 0.3) is 0 Å². The van der Waals surface area contributed by atoms with Crippen LogP contribution < -0.4 is 4.74 Å². The molecule has 8 heteroatoms. The molecule has 41 heavy (non-hydrogen) atoms. The van der Waals surface area contributed by atoms with Gasteiger partial charge in [-0.15, -0.1) is 0 Å². The van der Waals surface area contributed by atoms with Crippen LogP contribution in [0.1, 0.15) is 77.4 Å². The van der Waals surface area contributed by atoms with Crippen LogP contribution in [0.3, 0.4) is 0 Å². The van der Waals surface area contributed by atoms with Crippen molar-refractivity contribution >= 4 is 5.97 Å². The van der Waals surface area contributed by atoms with Gasteiger partial charge >= 0.3 is 5.97 Å². The monoisotopic (exact) mass is 561 g/mol. The predicted octanol–water partition coefficient (Wildman–Crippen LogP) is 5.12. The number of pyridine rings is 1. The zero-order valence-electron chi connectivity index (χ0n) is 24.7. The van der Waals surface area contributed by atoms with Gasteiger partial charge in [-0.25, -0.2) is 4.68 Å². The highest BCUT2D eigenvalue weighted by Gasteiger charge is 2.35. The van der Waals surface area contributed by atoms with E-state index in [0.29, 0.717) is 38.7 Å². The predicted molar refractivity (Wildman–Crippen MR) is 157 cm³/mol. The highest BCUT2D eigenvalue weighted by Crippen LogP contribution is 2.38. The summed E-state index contributed by atoms with van der Waals surface area (Å²) in [6.07, 6.45) is 7.71. The molecule has 1 aliphatic carbocycles. The first kappa shape index (κ1) is 29.3. The third-order valence-electron chi connectivity index (χ3n) is 8.81. The molecule has 0 spiro atoms. The number of hydrogen-bond donors (Lipinski definition) is 1. The van der Waals surface area contributed by atoms with E-state index in [9.17, 15) is 9.90 Å². The normalized spacial score (nSPS) is 17.1. The van der Waals surface area contributed by atoms with Crippen LogP contribution in [-0.2, 0) is 52.4 Å². The number of carboxylic acids is 1. The smallest absolute Gasteiger partial charge is 0.303 e. The molecule has 1 unspecified atom stereocenters. The lowest BCUT2D eigenvalue weighted by Crippen LogP contribution is -2.38. The lowest BCUT2D eigenvalue weighted by molar-refractivity contribution is -0.137. The minimum Gasteiger partial charge on any atom is -0.481 e. The summed E-state index contributed by atoms with van der Waals surface area (Å²) >= 11 is 0. The molecule has 1 saturated heterocycles. The molecule has 3 aromatic rings. The number of carbonyl (C=O) groups is 1. The molecule has 0 radical (unpaired) electrons. The second-order valence-electron chi connectivity index (χ2n) is 11.7. The summed E-state index contributed by atoms with van der Waals surface area (Å²) in [6, 6.07) is 12.8. The Hall–Kier alpha value is -3.23. The molecule has 1 N–H and O–H groups in total.